The van der Waals surface area contributed by atoms with Gasteiger partial charge in [0.1, 0.15) is 11.5 Å². The molecule has 0 fully saturated rings. The Labute approximate surface area is 96.8 Å². The summed E-state index contributed by atoms with van der Waals surface area (Å²) < 4.78 is 10.7. The van der Waals surface area contributed by atoms with Crippen molar-refractivity contribution in [3.05, 3.63) is 23.3 Å². The molecule has 0 saturated carbocycles. The monoisotopic (exact) mass is 221 g/mol. The molecule has 2 rings (SSSR count). The Kier molecular flexibility index (Phi) is 3.06. The molecule has 88 valence electrons. The van der Waals surface area contributed by atoms with Crippen molar-refractivity contribution >= 4 is 0 Å². The first kappa shape index (κ1) is 11.3. The van der Waals surface area contributed by atoms with E-state index in [1.165, 1.54) is 11.1 Å². The summed E-state index contributed by atoms with van der Waals surface area (Å²) in [6, 6.07) is 4.90. The first-order chi connectivity index (χ1) is 7.65. The highest BCUT2D eigenvalue weighted by atomic mass is 16.5. The van der Waals surface area contributed by atoms with Gasteiger partial charge in [0.25, 0.3) is 0 Å². The molecule has 0 radical (unpaired) electrons. The van der Waals surface area contributed by atoms with Gasteiger partial charge in [0.05, 0.1) is 14.2 Å². The highest BCUT2D eigenvalue weighted by Crippen LogP contribution is 2.36. The third-order valence-corrected chi connectivity index (χ3v) is 3.15. The molecule has 0 bridgehead atoms. The first-order valence-electron chi connectivity index (χ1n) is 5.66. The molecule has 0 spiro atoms. The zero-order valence-corrected chi connectivity index (χ0v) is 10.3. The summed E-state index contributed by atoms with van der Waals surface area (Å²) >= 11 is 0. The van der Waals surface area contributed by atoms with Crippen molar-refractivity contribution in [1.29, 1.82) is 0 Å². The second-order valence-electron chi connectivity index (χ2n) is 4.40. The van der Waals surface area contributed by atoms with Crippen molar-refractivity contribution < 1.29 is 9.47 Å². The van der Waals surface area contributed by atoms with Gasteiger partial charge >= 0.3 is 0 Å². The van der Waals surface area contributed by atoms with Crippen LogP contribution in [-0.4, -0.2) is 20.3 Å². The van der Waals surface area contributed by atoms with E-state index in [1.807, 2.05) is 6.07 Å². The van der Waals surface area contributed by atoms with Crippen LogP contribution in [0.4, 0.5) is 0 Å². The van der Waals surface area contributed by atoms with E-state index in [0.717, 1.165) is 17.9 Å². The van der Waals surface area contributed by atoms with Gasteiger partial charge in [-0.1, -0.05) is 0 Å². The molecule has 0 aromatic heterocycles. The van der Waals surface area contributed by atoms with Crippen molar-refractivity contribution in [3.8, 4) is 11.5 Å². The number of benzene rings is 1. The van der Waals surface area contributed by atoms with Gasteiger partial charge in [0, 0.05) is 23.7 Å². The number of methoxy groups -OCH3 is 2. The molecule has 0 amide bonds. The standard InChI is InChI=1S/C13H19NO2/c1-8-5-10-6-11(15-3)7-12(16-4)13(10)9(2)14-8/h6-9,14H,5H2,1-4H3/t8-,9+/m0/s1. The summed E-state index contributed by atoms with van der Waals surface area (Å²) in [6.45, 7) is 4.37. The van der Waals surface area contributed by atoms with Crippen LogP contribution in [0.3, 0.4) is 0 Å². The molecule has 3 heteroatoms. The minimum absolute atomic E-state index is 0.333. The lowest BCUT2D eigenvalue weighted by Crippen LogP contribution is -2.36. The molecule has 0 unspecified atom stereocenters. The minimum atomic E-state index is 0.333. The molecule has 1 aliphatic rings. The lowest BCUT2D eigenvalue weighted by molar-refractivity contribution is 0.370. The van der Waals surface area contributed by atoms with Crippen LogP contribution >= 0.6 is 0 Å². The highest BCUT2D eigenvalue weighted by molar-refractivity contribution is 5.49. The zero-order valence-electron chi connectivity index (χ0n) is 10.3. The second-order valence-corrected chi connectivity index (χ2v) is 4.40. The fourth-order valence-electron chi connectivity index (χ4n) is 2.50. The molecule has 0 aliphatic carbocycles. The number of hydrogen-bond donors (Lipinski definition) is 1. The van der Waals surface area contributed by atoms with E-state index in [9.17, 15) is 0 Å². The van der Waals surface area contributed by atoms with Gasteiger partial charge in [0.2, 0.25) is 0 Å². The smallest absolute Gasteiger partial charge is 0.127 e. The molecule has 16 heavy (non-hydrogen) atoms. The third-order valence-electron chi connectivity index (χ3n) is 3.15. The fourth-order valence-corrected chi connectivity index (χ4v) is 2.50. The molecule has 0 saturated heterocycles. The first-order valence-corrected chi connectivity index (χ1v) is 5.66. The van der Waals surface area contributed by atoms with Gasteiger partial charge in [-0.25, -0.2) is 0 Å². The maximum atomic E-state index is 5.44. The molecule has 1 aromatic carbocycles. The Balaban J connectivity index is 2.51. The van der Waals surface area contributed by atoms with E-state index in [0.29, 0.717) is 12.1 Å². The SMILES string of the molecule is COc1cc2c(c(OC)c1)[C@@H](C)N[C@@H](C)C2. The number of nitrogens with one attached hydrogen (secondary N) is 1. The minimum Gasteiger partial charge on any atom is -0.497 e. The van der Waals surface area contributed by atoms with Crippen molar-refractivity contribution in [2.45, 2.75) is 32.4 Å². The van der Waals surface area contributed by atoms with Crippen LogP contribution < -0.4 is 14.8 Å². The third kappa shape index (κ3) is 1.87. The summed E-state index contributed by atoms with van der Waals surface area (Å²) in [5, 5.41) is 3.53. The largest absolute Gasteiger partial charge is 0.497 e. The average molecular weight is 221 g/mol. The van der Waals surface area contributed by atoms with Gasteiger partial charge in [-0.3, -0.25) is 0 Å². The van der Waals surface area contributed by atoms with Gasteiger partial charge in [0.15, 0.2) is 0 Å². The molecular weight excluding hydrogens is 202 g/mol. The van der Waals surface area contributed by atoms with Crippen LogP contribution in [0, 0.1) is 0 Å². The number of hydrogen-bond acceptors (Lipinski definition) is 3. The number of rotatable bonds is 2. The van der Waals surface area contributed by atoms with Crippen LogP contribution in [0.2, 0.25) is 0 Å². The van der Waals surface area contributed by atoms with E-state index in [4.69, 9.17) is 9.47 Å². The Morgan fingerprint density at radius 1 is 1.19 bits per heavy atom. The Morgan fingerprint density at radius 2 is 1.94 bits per heavy atom. The Hall–Kier alpha value is -1.22. The summed E-state index contributed by atoms with van der Waals surface area (Å²) in [6.07, 6.45) is 1.02. The lowest BCUT2D eigenvalue weighted by atomic mass is 9.90. The van der Waals surface area contributed by atoms with Gasteiger partial charge in [-0.05, 0) is 31.9 Å². The van der Waals surface area contributed by atoms with E-state index < -0.39 is 0 Å². The summed E-state index contributed by atoms with van der Waals surface area (Å²) in [5.41, 5.74) is 2.59. The number of fused-ring (bicyclic) bond motifs is 1. The normalized spacial score (nSPS) is 23.8. The van der Waals surface area contributed by atoms with Gasteiger partial charge < -0.3 is 14.8 Å². The molecule has 1 aromatic rings. The predicted octanol–water partition coefficient (Wildman–Crippen LogP) is 2.30. The van der Waals surface area contributed by atoms with Crippen LogP contribution in [0.15, 0.2) is 12.1 Å². The molecule has 2 atom stereocenters. The fraction of sp³-hybridized carbons (Fsp3) is 0.538. The average Bonchev–Trinajstić information content (AvgIpc) is 2.26. The van der Waals surface area contributed by atoms with Crippen molar-refractivity contribution in [2.24, 2.45) is 0 Å². The van der Waals surface area contributed by atoms with Crippen molar-refractivity contribution in [3.63, 3.8) is 0 Å². The quantitative estimate of drug-likeness (QED) is 0.831. The van der Waals surface area contributed by atoms with Gasteiger partial charge in [-0.15, -0.1) is 0 Å². The number of ether oxygens (including phenoxy) is 2. The molecule has 3 nitrogen and oxygen atoms in total. The van der Waals surface area contributed by atoms with E-state index in [1.54, 1.807) is 14.2 Å². The van der Waals surface area contributed by atoms with E-state index >= 15 is 0 Å². The molecular formula is C13H19NO2. The highest BCUT2D eigenvalue weighted by Gasteiger charge is 2.24. The zero-order chi connectivity index (χ0) is 11.7. The van der Waals surface area contributed by atoms with Gasteiger partial charge in [-0.2, -0.15) is 0 Å². The maximum absolute atomic E-state index is 5.44. The van der Waals surface area contributed by atoms with Crippen molar-refractivity contribution in [1.82, 2.24) is 5.32 Å². The topological polar surface area (TPSA) is 30.5 Å². The Bertz CT molecular complexity index is 390. The predicted molar refractivity (Wildman–Crippen MR) is 64.3 cm³/mol. The summed E-state index contributed by atoms with van der Waals surface area (Å²) in [7, 11) is 3.40. The van der Waals surface area contributed by atoms with Crippen LogP contribution in [0.5, 0.6) is 11.5 Å². The summed E-state index contributed by atoms with van der Waals surface area (Å²) in [5.74, 6) is 1.79. The lowest BCUT2D eigenvalue weighted by Gasteiger charge is -2.30. The Morgan fingerprint density at radius 3 is 2.56 bits per heavy atom. The molecule has 1 aliphatic heterocycles. The van der Waals surface area contributed by atoms with Crippen molar-refractivity contribution in [2.75, 3.05) is 14.2 Å². The summed E-state index contributed by atoms with van der Waals surface area (Å²) in [4.78, 5) is 0. The molecule has 1 N–H and O–H groups in total. The van der Waals surface area contributed by atoms with Crippen LogP contribution in [0.1, 0.15) is 31.0 Å². The maximum Gasteiger partial charge on any atom is 0.127 e. The second kappa shape index (κ2) is 4.34. The molecule has 1 heterocycles. The van der Waals surface area contributed by atoms with Crippen LogP contribution in [-0.2, 0) is 6.42 Å². The van der Waals surface area contributed by atoms with E-state index in [-0.39, 0.29) is 0 Å². The van der Waals surface area contributed by atoms with Crippen LogP contribution in [0.25, 0.3) is 0 Å². The van der Waals surface area contributed by atoms with E-state index in [2.05, 4.69) is 25.2 Å².